The van der Waals surface area contributed by atoms with E-state index in [0.717, 1.165) is 57.2 Å². The van der Waals surface area contributed by atoms with E-state index in [4.69, 9.17) is 0 Å². The maximum absolute atomic E-state index is 12.8. The molecule has 1 aliphatic carbocycles. The van der Waals surface area contributed by atoms with Gasteiger partial charge in [0.15, 0.2) is 0 Å². The SMILES string of the molecule is CN1C(=O)C2(CC2)c2c1cnc1ccc(-c3ccc4nccnc4c3)cc21. The van der Waals surface area contributed by atoms with Crippen molar-refractivity contribution < 1.29 is 4.79 Å². The normalized spacial score (nSPS) is 17.1. The number of rotatable bonds is 1. The van der Waals surface area contributed by atoms with Crippen LogP contribution in [0.25, 0.3) is 33.1 Å². The minimum atomic E-state index is -0.321. The summed E-state index contributed by atoms with van der Waals surface area (Å²) in [6, 6.07) is 12.4. The fourth-order valence-electron chi connectivity index (χ4n) is 4.39. The van der Waals surface area contributed by atoms with Crippen molar-refractivity contribution in [3.63, 3.8) is 0 Å². The lowest BCUT2D eigenvalue weighted by molar-refractivity contribution is -0.119. The molecule has 1 saturated carbocycles. The summed E-state index contributed by atoms with van der Waals surface area (Å²) in [7, 11) is 1.85. The van der Waals surface area contributed by atoms with E-state index in [9.17, 15) is 4.79 Å². The second-order valence-corrected chi connectivity index (χ2v) is 7.46. The van der Waals surface area contributed by atoms with Gasteiger partial charge >= 0.3 is 0 Å². The van der Waals surface area contributed by atoms with Crippen LogP contribution in [0.4, 0.5) is 5.69 Å². The summed E-state index contributed by atoms with van der Waals surface area (Å²) in [5.74, 6) is 0.207. The standard InChI is InChI=1S/C22H16N4O/c1-26-19-12-25-16-4-2-13(10-15(16)20(19)22(6-7-22)21(26)27)14-3-5-17-18(11-14)24-9-8-23-17/h2-5,8-12H,6-7H2,1H3. The summed E-state index contributed by atoms with van der Waals surface area (Å²) in [4.78, 5) is 27.9. The summed E-state index contributed by atoms with van der Waals surface area (Å²) in [6.07, 6.45) is 7.11. The molecular formula is C22H16N4O. The third-order valence-corrected chi connectivity index (χ3v) is 5.95. The van der Waals surface area contributed by atoms with Crippen molar-refractivity contribution in [3.05, 3.63) is 60.6 Å². The van der Waals surface area contributed by atoms with E-state index in [0.29, 0.717) is 0 Å². The van der Waals surface area contributed by atoms with Gasteiger partial charge in [-0.25, -0.2) is 0 Å². The van der Waals surface area contributed by atoms with Gasteiger partial charge < -0.3 is 4.90 Å². The highest BCUT2D eigenvalue weighted by atomic mass is 16.2. The largest absolute Gasteiger partial charge is 0.313 e. The Labute approximate surface area is 155 Å². The molecule has 2 aromatic carbocycles. The van der Waals surface area contributed by atoms with Crippen LogP contribution >= 0.6 is 0 Å². The van der Waals surface area contributed by atoms with Crippen LogP contribution in [0.15, 0.2) is 55.0 Å². The number of pyridine rings is 1. The molecule has 0 atom stereocenters. The van der Waals surface area contributed by atoms with Crippen molar-refractivity contribution in [2.45, 2.75) is 18.3 Å². The molecule has 1 aliphatic heterocycles. The van der Waals surface area contributed by atoms with Gasteiger partial charge in [-0.2, -0.15) is 0 Å². The van der Waals surface area contributed by atoms with Gasteiger partial charge in [0, 0.05) is 30.4 Å². The molecule has 0 bridgehead atoms. The van der Waals surface area contributed by atoms with Crippen LogP contribution in [-0.4, -0.2) is 27.9 Å². The fourth-order valence-corrected chi connectivity index (χ4v) is 4.39. The van der Waals surface area contributed by atoms with E-state index in [1.807, 2.05) is 25.4 Å². The summed E-state index contributed by atoms with van der Waals surface area (Å²) >= 11 is 0. The number of anilines is 1. The lowest BCUT2D eigenvalue weighted by Crippen LogP contribution is -2.28. The Morgan fingerprint density at radius 1 is 0.889 bits per heavy atom. The van der Waals surface area contributed by atoms with E-state index >= 15 is 0 Å². The van der Waals surface area contributed by atoms with Crippen molar-refractivity contribution >= 4 is 33.5 Å². The third kappa shape index (κ3) is 1.88. The van der Waals surface area contributed by atoms with Crippen LogP contribution < -0.4 is 4.90 Å². The molecule has 6 rings (SSSR count). The zero-order chi connectivity index (χ0) is 18.2. The number of fused-ring (bicyclic) bond motifs is 5. The maximum atomic E-state index is 12.8. The molecule has 27 heavy (non-hydrogen) atoms. The summed E-state index contributed by atoms with van der Waals surface area (Å²) in [5.41, 5.74) is 6.67. The van der Waals surface area contributed by atoms with Crippen LogP contribution in [0.2, 0.25) is 0 Å². The smallest absolute Gasteiger partial charge is 0.237 e. The molecule has 3 heterocycles. The van der Waals surface area contributed by atoms with E-state index in [-0.39, 0.29) is 11.3 Å². The summed E-state index contributed by atoms with van der Waals surface area (Å²) in [5, 5.41) is 1.08. The van der Waals surface area contributed by atoms with E-state index in [1.54, 1.807) is 17.3 Å². The molecule has 5 heteroatoms. The van der Waals surface area contributed by atoms with Gasteiger partial charge in [0.25, 0.3) is 0 Å². The van der Waals surface area contributed by atoms with E-state index < -0.39 is 0 Å². The number of benzene rings is 2. The Balaban J connectivity index is 1.60. The van der Waals surface area contributed by atoms with Gasteiger partial charge in [-0.05, 0) is 48.2 Å². The number of carbonyl (C=O) groups excluding carboxylic acids is 1. The first kappa shape index (κ1) is 14.8. The summed E-state index contributed by atoms with van der Waals surface area (Å²) < 4.78 is 0. The van der Waals surface area contributed by atoms with E-state index in [2.05, 4.69) is 39.2 Å². The van der Waals surface area contributed by atoms with Crippen molar-refractivity contribution in [1.29, 1.82) is 0 Å². The average molecular weight is 352 g/mol. The van der Waals surface area contributed by atoms with Gasteiger partial charge in [-0.1, -0.05) is 12.1 Å². The van der Waals surface area contributed by atoms with Crippen LogP contribution in [0.3, 0.4) is 0 Å². The lowest BCUT2D eigenvalue weighted by atomic mass is 9.92. The molecule has 2 aliphatic rings. The molecule has 5 nitrogen and oxygen atoms in total. The quantitative estimate of drug-likeness (QED) is 0.522. The van der Waals surface area contributed by atoms with Crippen LogP contribution in [0.1, 0.15) is 18.4 Å². The average Bonchev–Trinajstić information content (AvgIpc) is 3.49. The monoisotopic (exact) mass is 352 g/mol. The van der Waals surface area contributed by atoms with Crippen molar-refractivity contribution in [2.75, 3.05) is 11.9 Å². The molecule has 0 unspecified atom stereocenters. The molecule has 0 saturated heterocycles. The topological polar surface area (TPSA) is 59.0 Å². The van der Waals surface area contributed by atoms with Crippen LogP contribution in [-0.2, 0) is 10.2 Å². The molecule has 2 aromatic heterocycles. The zero-order valence-electron chi connectivity index (χ0n) is 14.8. The minimum absolute atomic E-state index is 0.207. The van der Waals surface area contributed by atoms with Crippen LogP contribution in [0.5, 0.6) is 0 Å². The Kier molecular flexibility index (Phi) is 2.67. The van der Waals surface area contributed by atoms with Crippen molar-refractivity contribution in [3.8, 4) is 11.1 Å². The highest BCUT2D eigenvalue weighted by Crippen LogP contribution is 2.58. The van der Waals surface area contributed by atoms with Crippen LogP contribution in [0, 0.1) is 0 Å². The first-order valence-electron chi connectivity index (χ1n) is 9.10. The number of likely N-dealkylation sites (N-methyl/N-ethyl adjacent to an activating group) is 1. The molecule has 1 fully saturated rings. The number of aromatic nitrogens is 3. The zero-order valence-corrected chi connectivity index (χ0v) is 14.8. The Hall–Kier alpha value is -3.34. The van der Waals surface area contributed by atoms with Gasteiger partial charge in [-0.3, -0.25) is 19.7 Å². The Morgan fingerprint density at radius 2 is 1.59 bits per heavy atom. The summed E-state index contributed by atoms with van der Waals surface area (Å²) in [6.45, 7) is 0. The van der Waals surface area contributed by atoms with Gasteiger partial charge in [0.2, 0.25) is 5.91 Å². The molecule has 130 valence electrons. The number of nitrogens with zero attached hydrogens (tertiary/aromatic N) is 4. The first-order valence-corrected chi connectivity index (χ1v) is 9.10. The lowest BCUT2D eigenvalue weighted by Gasteiger charge is -2.11. The molecule has 1 spiro atoms. The predicted octanol–water partition coefficient (Wildman–Crippen LogP) is 3.85. The molecule has 1 amide bonds. The van der Waals surface area contributed by atoms with Crippen molar-refractivity contribution in [2.24, 2.45) is 0 Å². The van der Waals surface area contributed by atoms with Gasteiger partial charge in [-0.15, -0.1) is 0 Å². The number of hydrogen-bond acceptors (Lipinski definition) is 4. The van der Waals surface area contributed by atoms with Gasteiger partial charge in [0.1, 0.15) is 0 Å². The minimum Gasteiger partial charge on any atom is -0.313 e. The van der Waals surface area contributed by atoms with E-state index in [1.165, 1.54) is 0 Å². The number of carbonyl (C=O) groups is 1. The highest BCUT2D eigenvalue weighted by Gasteiger charge is 2.59. The maximum Gasteiger partial charge on any atom is 0.237 e. The highest BCUT2D eigenvalue weighted by molar-refractivity contribution is 6.14. The molecule has 4 aromatic rings. The second-order valence-electron chi connectivity index (χ2n) is 7.46. The second kappa shape index (κ2) is 4.88. The fraction of sp³-hybridized carbons (Fsp3) is 0.182. The molecular weight excluding hydrogens is 336 g/mol. The first-order chi connectivity index (χ1) is 13.2. The van der Waals surface area contributed by atoms with Gasteiger partial charge in [0.05, 0.1) is 33.8 Å². The number of hydrogen-bond donors (Lipinski definition) is 0. The Bertz CT molecular complexity index is 1280. The Morgan fingerprint density at radius 3 is 2.37 bits per heavy atom. The number of amides is 1. The molecule has 0 N–H and O–H groups in total. The predicted molar refractivity (Wildman–Crippen MR) is 105 cm³/mol. The van der Waals surface area contributed by atoms with Crippen molar-refractivity contribution in [1.82, 2.24) is 15.0 Å². The molecule has 0 radical (unpaired) electrons. The third-order valence-electron chi connectivity index (χ3n) is 5.95.